The van der Waals surface area contributed by atoms with Gasteiger partial charge in [-0.25, -0.2) is 9.97 Å². The van der Waals surface area contributed by atoms with Gasteiger partial charge in [-0.2, -0.15) is 0 Å². The van der Waals surface area contributed by atoms with Crippen LogP contribution in [-0.4, -0.2) is 66.8 Å². The normalized spacial score (nSPS) is 31.8. The molecule has 0 spiro atoms. The zero-order valence-electron chi connectivity index (χ0n) is 35.7. The smallest absolute Gasteiger partial charge is 0.224 e. The van der Waals surface area contributed by atoms with Gasteiger partial charge in [-0.1, -0.05) is 82.6 Å². The molecule has 9 nitrogen and oxygen atoms in total. The van der Waals surface area contributed by atoms with Crippen LogP contribution in [0.4, 0.5) is 0 Å². The van der Waals surface area contributed by atoms with Crippen molar-refractivity contribution >= 4 is 23.0 Å². The number of carbonyl (C=O) groups is 2. The number of aromatic nitrogens is 4. The summed E-state index contributed by atoms with van der Waals surface area (Å²) in [6.45, 7) is 14.6. The quantitative estimate of drug-likeness (QED) is 0.262. The van der Waals surface area contributed by atoms with Gasteiger partial charge in [-0.05, 0) is 111 Å². The number of aromatic amines is 2. The van der Waals surface area contributed by atoms with E-state index in [0.29, 0.717) is 54.3 Å². The lowest BCUT2D eigenvalue weighted by Crippen LogP contribution is -2.40. The molecule has 9 unspecified atom stereocenters. The summed E-state index contributed by atoms with van der Waals surface area (Å²) in [7, 11) is 0. The fourth-order valence-electron chi connectivity index (χ4n) is 11.3. The molecular weight excluding hydrogens is 733 g/mol. The zero-order valence-corrected chi connectivity index (χ0v) is 35.7. The highest BCUT2D eigenvalue weighted by Gasteiger charge is 2.56. The molecule has 2 N–H and O–H groups in total. The molecule has 0 radical (unpaired) electrons. The van der Waals surface area contributed by atoms with Crippen LogP contribution in [0.15, 0.2) is 35.5 Å². The largest absolute Gasteiger partial charge is 0.381 e. The number of hydrogen-bond acceptors (Lipinski definition) is 5. The first kappa shape index (κ1) is 38.6. The molecule has 2 aromatic heterocycles. The standard InChI is InChI=1S/C50H60N6O3/c1-27(2)23-43(57)55(47-28(3)29(47)4)31(6)49-51-40-16-11-35-24-32(9-13-38(35)45(40)53-49)7-8-33-10-14-39-36(25-33)12-17-41-46(39)54-50(52-41)42-18-15-37-30(5)48(37)56(42)44(58)26-34-19-21-59-22-20-34/h9-10,13-14,27-31,34-37,42,47-48H,11-12,16-17,19-26H2,1-6H3,(H,51,53)(H,52,54). The van der Waals surface area contributed by atoms with Crippen molar-refractivity contribution < 1.29 is 14.3 Å². The number of allylic oxidation sites excluding steroid dienone is 8. The van der Waals surface area contributed by atoms with Crippen molar-refractivity contribution in [3.8, 4) is 23.7 Å². The highest BCUT2D eigenvalue weighted by atomic mass is 16.5. The van der Waals surface area contributed by atoms with Crippen molar-refractivity contribution in [3.05, 3.63) is 69.9 Å². The van der Waals surface area contributed by atoms with Crippen LogP contribution in [0.2, 0.25) is 0 Å². The number of hydrogen-bond donors (Lipinski definition) is 2. The summed E-state index contributed by atoms with van der Waals surface area (Å²) in [5.74, 6) is 19.5. The number of H-pyrrole nitrogens is 2. The molecule has 9 heteroatoms. The van der Waals surface area contributed by atoms with Crippen LogP contribution in [-0.2, 0) is 27.2 Å². The summed E-state index contributed by atoms with van der Waals surface area (Å²) in [6, 6.07) is 0.0741. The molecule has 2 amide bonds. The van der Waals surface area contributed by atoms with E-state index in [1.54, 1.807) is 0 Å². The molecule has 3 fully saturated rings. The maximum absolute atomic E-state index is 13.9. The lowest BCUT2D eigenvalue weighted by molar-refractivity contribution is -0.136. The van der Waals surface area contributed by atoms with E-state index in [-0.39, 0.29) is 41.9 Å². The number of ether oxygens (including phenoxy) is 1. The Balaban J connectivity index is 0.841. The second-order valence-corrected chi connectivity index (χ2v) is 19.6. The van der Waals surface area contributed by atoms with Crippen LogP contribution < -0.4 is 0 Å². The van der Waals surface area contributed by atoms with Gasteiger partial charge >= 0.3 is 0 Å². The summed E-state index contributed by atoms with van der Waals surface area (Å²) >= 11 is 0. The molecule has 8 aliphatic rings. The Hall–Kier alpha value is -4.60. The van der Waals surface area contributed by atoms with E-state index in [4.69, 9.17) is 14.7 Å². The summed E-state index contributed by atoms with van der Waals surface area (Å²) in [6.07, 6.45) is 17.8. The molecule has 2 aromatic rings. The number of imidazole rings is 2. The van der Waals surface area contributed by atoms with Crippen molar-refractivity contribution in [2.24, 2.45) is 47.3 Å². The van der Waals surface area contributed by atoms with Gasteiger partial charge in [0.05, 0.1) is 23.5 Å². The fraction of sp³-hybridized carbons (Fsp3) is 0.600. The monoisotopic (exact) mass is 792 g/mol. The van der Waals surface area contributed by atoms with Crippen LogP contribution in [0.25, 0.3) is 11.1 Å². The number of rotatable bonds is 8. The molecule has 0 aromatic carbocycles. The van der Waals surface area contributed by atoms with Crippen molar-refractivity contribution in [2.45, 2.75) is 130 Å². The number of amides is 2. The second-order valence-electron chi connectivity index (χ2n) is 19.6. The highest BCUT2D eigenvalue weighted by Crippen LogP contribution is 2.50. The first-order valence-corrected chi connectivity index (χ1v) is 22.8. The molecule has 0 bridgehead atoms. The van der Waals surface area contributed by atoms with Gasteiger partial charge < -0.3 is 24.5 Å². The molecule has 2 aliphatic heterocycles. The summed E-state index contributed by atoms with van der Waals surface area (Å²) in [5.41, 5.74) is 9.46. The fourth-order valence-corrected chi connectivity index (χ4v) is 11.3. The first-order valence-electron chi connectivity index (χ1n) is 22.8. The highest BCUT2D eigenvalue weighted by molar-refractivity contribution is 5.80. The first-order chi connectivity index (χ1) is 28.5. The molecule has 4 heterocycles. The van der Waals surface area contributed by atoms with Crippen LogP contribution >= 0.6 is 0 Å². The minimum atomic E-state index is -0.317. The Morgan fingerprint density at radius 1 is 0.847 bits per heavy atom. The lowest BCUT2D eigenvalue weighted by Gasteiger charge is -2.32. The van der Waals surface area contributed by atoms with Gasteiger partial charge in [0.15, 0.2) is 6.04 Å². The van der Waals surface area contributed by atoms with E-state index in [2.05, 4.69) is 109 Å². The third-order valence-corrected chi connectivity index (χ3v) is 15.2. The van der Waals surface area contributed by atoms with Crippen molar-refractivity contribution in [3.63, 3.8) is 0 Å². The van der Waals surface area contributed by atoms with E-state index >= 15 is 0 Å². The van der Waals surface area contributed by atoms with Crippen LogP contribution in [0.1, 0.15) is 139 Å². The molecule has 9 atom stereocenters. The predicted molar refractivity (Wildman–Crippen MR) is 229 cm³/mol. The molecule has 6 aliphatic carbocycles. The molecule has 308 valence electrons. The Kier molecular flexibility index (Phi) is 9.91. The van der Waals surface area contributed by atoms with Gasteiger partial charge in [-0.15, -0.1) is 0 Å². The zero-order chi connectivity index (χ0) is 40.7. The van der Waals surface area contributed by atoms with Gasteiger partial charge in [0.25, 0.3) is 0 Å². The SMILES string of the molecule is CC(C)CC(=O)N(C(C)c1nc2c([nH]1)CCC1CC(C#CC3=CC=C4c5nc(C6C#CC7C(C)C7N6C(=O)CC6CCOCC6)[nH]c5CCC4C3)=CC=C21)C1C(C)C1C. The average Bonchev–Trinajstić information content (AvgIpc) is 3.81. The third kappa shape index (κ3) is 7.06. The van der Waals surface area contributed by atoms with Crippen molar-refractivity contribution in [2.75, 3.05) is 13.2 Å². The van der Waals surface area contributed by atoms with E-state index in [1.807, 2.05) is 0 Å². The Bertz CT molecular complexity index is 2300. The van der Waals surface area contributed by atoms with Gasteiger partial charge in [-0.3, -0.25) is 9.59 Å². The molecule has 59 heavy (non-hydrogen) atoms. The second kappa shape index (κ2) is 15.1. The van der Waals surface area contributed by atoms with E-state index in [0.717, 1.165) is 87.6 Å². The average molecular weight is 793 g/mol. The maximum Gasteiger partial charge on any atom is 0.224 e. The molecular formula is C50H60N6O3. The van der Waals surface area contributed by atoms with Crippen molar-refractivity contribution in [1.29, 1.82) is 0 Å². The Morgan fingerprint density at radius 2 is 1.47 bits per heavy atom. The lowest BCUT2D eigenvalue weighted by atomic mass is 9.77. The van der Waals surface area contributed by atoms with Gasteiger partial charge in [0.1, 0.15) is 11.6 Å². The summed E-state index contributed by atoms with van der Waals surface area (Å²) in [4.78, 5) is 49.4. The van der Waals surface area contributed by atoms with E-state index in [9.17, 15) is 9.59 Å². The number of nitrogens with one attached hydrogen (secondary N) is 2. The summed E-state index contributed by atoms with van der Waals surface area (Å²) in [5, 5.41) is 0. The molecule has 2 saturated carbocycles. The Labute approximate surface area is 350 Å². The van der Waals surface area contributed by atoms with Crippen LogP contribution in [0.3, 0.4) is 0 Å². The maximum atomic E-state index is 13.9. The van der Waals surface area contributed by atoms with E-state index in [1.165, 1.54) is 33.7 Å². The number of fused-ring (bicyclic) bond motifs is 7. The third-order valence-electron chi connectivity index (χ3n) is 15.2. The predicted octanol–water partition coefficient (Wildman–Crippen LogP) is 8.32. The number of aryl methyl sites for hydroxylation is 2. The van der Waals surface area contributed by atoms with Crippen LogP contribution in [0, 0.1) is 71.0 Å². The minimum Gasteiger partial charge on any atom is -0.381 e. The number of carbonyl (C=O) groups excluding carboxylic acids is 2. The molecule has 10 rings (SSSR count). The van der Waals surface area contributed by atoms with Gasteiger partial charge in [0.2, 0.25) is 11.8 Å². The molecule has 1 saturated heterocycles. The van der Waals surface area contributed by atoms with Crippen LogP contribution in [0.5, 0.6) is 0 Å². The van der Waals surface area contributed by atoms with E-state index < -0.39 is 0 Å². The van der Waals surface area contributed by atoms with Crippen molar-refractivity contribution in [1.82, 2.24) is 29.7 Å². The van der Waals surface area contributed by atoms with Gasteiger partial charge in [0, 0.05) is 60.5 Å². The summed E-state index contributed by atoms with van der Waals surface area (Å²) < 4.78 is 5.57. The Morgan fingerprint density at radius 3 is 2.10 bits per heavy atom. The topological polar surface area (TPSA) is 107 Å². The minimum absolute atomic E-state index is 0.0816. The number of nitrogens with zero attached hydrogens (tertiary/aromatic N) is 4.